The van der Waals surface area contributed by atoms with Crippen LogP contribution in [0.1, 0.15) is 5.56 Å². The molecule has 1 aromatic carbocycles. The van der Waals surface area contributed by atoms with Crippen molar-refractivity contribution in [2.75, 3.05) is 13.2 Å². The third kappa shape index (κ3) is 4.62. The summed E-state index contributed by atoms with van der Waals surface area (Å²) in [5, 5.41) is 32.3. The summed E-state index contributed by atoms with van der Waals surface area (Å²) in [6, 6.07) is 9.61. The maximum Gasteiger partial charge on any atom is 0.252 e. The summed E-state index contributed by atoms with van der Waals surface area (Å²) in [5.74, 6) is -0.573. The van der Waals surface area contributed by atoms with E-state index >= 15 is 0 Å². The van der Waals surface area contributed by atoms with Gasteiger partial charge in [-0.25, -0.2) is 0 Å². The minimum absolute atomic E-state index is 0.0763. The Hall–Kier alpha value is -1.77. The first-order valence-corrected chi connectivity index (χ1v) is 7.78. The molecule has 24 heavy (non-hydrogen) atoms. The standard InChI is InChI=1S/C17H23NO6/c1-2-10-23-17-14(21)12(19)13(20)15(24-17)16(22)18-9-8-11-6-4-3-5-7-11/h2-7,12-15,17,19-21H,1,8-10H2,(H,18,22)/t12-,13-,14+,15-,17+/m0/s1. The molecule has 1 aromatic rings. The zero-order valence-electron chi connectivity index (χ0n) is 13.2. The van der Waals surface area contributed by atoms with Crippen molar-refractivity contribution < 1.29 is 29.6 Å². The minimum atomic E-state index is -1.54. The Morgan fingerprint density at radius 3 is 2.58 bits per heavy atom. The average Bonchev–Trinajstić information content (AvgIpc) is 2.60. The topological polar surface area (TPSA) is 108 Å². The molecule has 0 aromatic heterocycles. The highest BCUT2D eigenvalue weighted by atomic mass is 16.7. The van der Waals surface area contributed by atoms with Crippen molar-refractivity contribution in [2.45, 2.75) is 37.1 Å². The van der Waals surface area contributed by atoms with E-state index in [9.17, 15) is 20.1 Å². The van der Waals surface area contributed by atoms with Gasteiger partial charge in [0, 0.05) is 6.54 Å². The molecule has 1 aliphatic rings. The first-order chi connectivity index (χ1) is 11.5. The third-order valence-corrected chi connectivity index (χ3v) is 3.76. The van der Waals surface area contributed by atoms with E-state index in [1.54, 1.807) is 0 Å². The molecule has 2 rings (SSSR count). The Balaban J connectivity index is 1.90. The number of benzene rings is 1. The predicted molar refractivity (Wildman–Crippen MR) is 86.0 cm³/mol. The summed E-state index contributed by atoms with van der Waals surface area (Å²) < 4.78 is 10.5. The second kappa shape index (κ2) is 8.91. The second-order valence-electron chi connectivity index (χ2n) is 5.55. The van der Waals surface area contributed by atoms with Gasteiger partial charge in [-0.3, -0.25) is 4.79 Å². The molecular formula is C17H23NO6. The highest BCUT2D eigenvalue weighted by Crippen LogP contribution is 2.22. The fourth-order valence-electron chi connectivity index (χ4n) is 2.44. The summed E-state index contributed by atoms with van der Waals surface area (Å²) in [6.45, 7) is 3.90. The largest absolute Gasteiger partial charge is 0.387 e. The van der Waals surface area contributed by atoms with E-state index in [4.69, 9.17) is 9.47 Å². The molecular weight excluding hydrogens is 314 g/mol. The lowest BCUT2D eigenvalue weighted by Gasteiger charge is -2.39. The number of hydrogen-bond acceptors (Lipinski definition) is 6. The fourth-order valence-corrected chi connectivity index (χ4v) is 2.44. The Morgan fingerprint density at radius 2 is 1.92 bits per heavy atom. The Kier molecular flexibility index (Phi) is 6.89. The van der Waals surface area contributed by atoms with Crippen LogP contribution in [0.2, 0.25) is 0 Å². The SMILES string of the molecule is C=CCO[C@@H]1O[C@H](C(=O)NCCc2ccccc2)[C@@H](O)[C@H](O)[C@H]1O. The molecule has 0 aliphatic carbocycles. The molecule has 4 N–H and O–H groups in total. The molecule has 1 heterocycles. The monoisotopic (exact) mass is 337 g/mol. The lowest BCUT2D eigenvalue weighted by atomic mass is 9.98. The summed E-state index contributed by atoms with van der Waals surface area (Å²) in [6.07, 6.45) is -5.01. The summed E-state index contributed by atoms with van der Waals surface area (Å²) >= 11 is 0. The molecule has 5 atom stereocenters. The van der Waals surface area contributed by atoms with Crippen LogP contribution in [-0.2, 0) is 20.7 Å². The second-order valence-corrected chi connectivity index (χ2v) is 5.55. The lowest BCUT2D eigenvalue weighted by molar-refractivity contribution is -0.288. The van der Waals surface area contributed by atoms with Crippen LogP contribution in [0.4, 0.5) is 0 Å². The van der Waals surface area contributed by atoms with Crippen LogP contribution in [0.15, 0.2) is 43.0 Å². The van der Waals surface area contributed by atoms with Gasteiger partial charge in [-0.1, -0.05) is 36.4 Å². The molecule has 0 bridgehead atoms. The summed E-state index contributed by atoms with van der Waals surface area (Å²) in [4.78, 5) is 12.2. The number of carbonyl (C=O) groups is 1. The summed E-state index contributed by atoms with van der Waals surface area (Å²) in [7, 11) is 0. The summed E-state index contributed by atoms with van der Waals surface area (Å²) in [5.41, 5.74) is 1.06. The van der Waals surface area contributed by atoms with Gasteiger partial charge in [-0.2, -0.15) is 0 Å². The number of nitrogens with one attached hydrogen (secondary N) is 1. The number of amides is 1. The molecule has 1 aliphatic heterocycles. The number of hydrogen-bond donors (Lipinski definition) is 4. The Labute approximate surface area is 140 Å². The van der Waals surface area contributed by atoms with Gasteiger partial charge in [0.15, 0.2) is 12.4 Å². The Bertz CT molecular complexity index is 537. The molecule has 0 spiro atoms. The van der Waals surface area contributed by atoms with E-state index < -0.39 is 36.6 Å². The van der Waals surface area contributed by atoms with E-state index in [0.29, 0.717) is 13.0 Å². The van der Waals surface area contributed by atoms with Crippen LogP contribution < -0.4 is 5.32 Å². The van der Waals surface area contributed by atoms with Crippen LogP contribution in [0.3, 0.4) is 0 Å². The normalized spacial score (nSPS) is 29.9. The maximum atomic E-state index is 12.2. The van der Waals surface area contributed by atoms with Crippen LogP contribution in [0.25, 0.3) is 0 Å². The van der Waals surface area contributed by atoms with E-state index in [2.05, 4.69) is 11.9 Å². The van der Waals surface area contributed by atoms with Crippen LogP contribution in [0.5, 0.6) is 0 Å². The van der Waals surface area contributed by atoms with Crippen molar-refractivity contribution in [1.82, 2.24) is 5.32 Å². The van der Waals surface area contributed by atoms with Crippen LogP contribution in [0, 0.1) is 0 Å². The quantitative estimate of drug-likeness (QED) is 0.493. The number of carbonyl (C=O) groups excluding carboxylic acids is 1. The van der Waals surface area contributed by atoms with Gasteiger partial charge in [-0.05, 0) is 12.0 Å². The first kappa shape index (κ1) is 18.6. The van der Waals surface area contributed by atoms with Gasteiger partial charge >= 0.3 is 0 Å². The molecule has 1 saturated heterocycles. The van der Waals surface area contributed by atoms with Crippen molar-refractivity contribution in [3.63, 3.8) is 0 Å². The lowest BCUT2D eigenvalue weighted by Crippen LogP contribution is -2.62. The highest BCUT2D eigenvalue weighted by Gasteiger charge is 2.47. The molecule has 1 fully saturated rings. The number of ether oxygens (including phenoxy) is 2. The van der Waals surface area contributed by atoms with Gasteiger partial charge in [0.25, 0.3) is 5.91 Å². The van der Waals surface area contributed by atoms with E-state index in [-0.39, 0.29) is 6.61 Å². The van der Waals surface area contributed by atoms with Gasteiger partial charge in [0.2, 0.25) is 0 Å². The molecule has 1 amide bonds. The van der Waals surface area contributed by atoms with Crippen molar-refractivity contribution in [3.8, 4) is 0 Å². The zero-order chi connectivity index (χ0) is 17.5. The fraction of sp³-hybridized carbons (Fsp3) is 0.471. The van der Waals surface area contributed by atoms with Crippen LogP contribution >= 0.6 is 0 Å². The molecule has 7 nitrogen and oxygen atoms in total. The van der Waals surface area contributed by atoms with Crippen molar-refractivity contribution in [3.05, 3.63) is 48.6 Å². The number of aliphatic hydroxyl groups is 3. The van der Waals surface area contributed by atoms with E-state index in [0.717, 1.165) is 5.56 Å². The van der Waals surface area contributed by atoms with Gasteiger partial charge < -0.3 is 30.1 Å². The van der Waals surface area contributed by atoms with Gasteiger partial charge in [0.05, 0.1) is 6.61 Å². The number of rotatable bonds is 7. The Morgan fingerprint density at radius 1 is 1.21 bits per heavy atom. The molecule has 7 heteroatoms. The molecule has 0 unspecified atom stereocenters. The van der Waals surface area contributed by atoms with Crippen molar-refractivity contribution in [1.29, 1.82) is 0 Å². The molecule has 132 valence electrons. The third-order valence-electron chi connectivity index (χ3n) is 3.76. The van der Waals surface area contributed by atoms with Crippen molar-refractivity contribution in [2.24, 2.45) is 0 Å². The zero-order valence-corrected chi connectivity index (χ0v) is 13.2. The van der Waals surface area contributed by atoms with Crippen LogP contribution in [-0.4, -0.2) is 65.1 Å². The van der Waals surface area contributed by atoms with Crippen molar-refractivity contribution >= 4 is 5.91 Å². The van der Waals surface area contributed by atoms with E-state index in [1.807, 2.05) is 30.3 Å². The van der Waals surface area contributed by atoms with E-state index in [1.165, 1.54) is 6.08 Å². The minimum Gasteiger partial charge on any atom is -0.387 e. The smallest absolute Gasteiger partial charge is 0.252 e. The molecule has 0 radical (unpaired) electrons. The van der Waals surface area contributed by atoms with Gasteiger partial charge in [-0.15, -0.1) is 6.58 Å². The van der Waals surface area contributed by atoms with Gasteiger partial charge in [0.1, 0.15) is 18.3 Å². The highest BCUT2D eigenvalue weighted by molar-refractivity contribution is 5.81. The number of aliphatic hydroxyl groups excluding tert-OH is 3. The maximum absolute atomic E-state index is 12.2. The molecule has 0 saturated carbocycles. The predicted octanol–water partition coefficient (Wildman–Crippen LogP) is -0.645. The first-order valence-electron chi connectivity index (χ1n) is 7.78. The average molecular weight is 337 g/mol.